The summed E-state index contributed by atoms with van der Waals surface area (Å²) in [5.41, 5.74) is 6.39. The Morgan fingerprint density at radius 3 is 2.67 bits per heavy atom. The van der Waals surface area contributed by atoms with Crippen molar-refractivity contribution >= 4 is 39.1 Å². The van der Waals surface area contributed by atoms with Crippen LogP contribution in [0, 0.1) is 0 Å². The topological polar surface area (TPSA) is 96.3 Å². The Labute approximate surface area is 269 Å². The fourth-order valence-electron chi connectivity index (χ4n) is 7.46. The molecule has 0 aliphatic carbocycles. The zero-order valence-electron chi connectivity index (χ0n) is 26.5. The van der Waals surface area contributed by atoms with E-state index < -0.39 is 11.5 Å². The first-order valence-electron chi connectivity index (χ1n) is 16.5. The van der Waals surface area contributed by atoms with Crippen LogP contribution in [0.3, 0.4) is 0 Å². The lowest BCUT2D eigenvalue weighted by Crippen LogP contribution is -2.60. The van der Waals surface area contributed by atoms with Crippen molar-refractivity contribution in [1.82, 2.24) is 19.9 Å². The highest BCUT2D eigenvalue weighted by atomic mass is 16.5. The number of carbonyl (C=O) groups is 2. The maximum Gasteiger partial charge on any atom is 0.332 e. The number of aromatic nitrogens is 1. The van der Waals surface area contributed by atoms with Crippen molar-refractivity contribution in [3.8, 4) is 5.75 Å². The number of ether oxygens (including phenoxy) is 2. The number of carbonyl (C=O) groups excluding carboxylic acids is 1. The normalized spacial score (nSPS) is 20.7. The highest BCUT2D eigenvalue weighted by molar-refractivity contribution is 6.05. The summed E-state index contributed by atoms with van der Waals surface area (Å²) >= 11 is 0. The first-order chi connectivity index (χ1) is 22.5. The molecule has 1 atom stereocenters. The van der Waals surface area contributed by atoms with E-state index in [9.17, 15) is 14.7 Å². The Morgan fingerprint density at radius 2 is 1.80 bits per heavy atom. The number of aliphatic carboxylic acids is 1. The van der Waals surface area contributed by atoms with Crippen molar-refractivity contribution in [2.24, 2.45) is 0 Å². The van der Waals surface area contributed by atoms with Gasteiger partial charge in [-0.25, -0.2) is 10.2 Å². The van der Waals surface area contributed by atoms with Crippen LogP contribution in [0.25, 0.3) is 27.2 Å². The van der Waals surface area contributed by atoms with Gasteiger partial charge in [0.25, 0.3) is 0 Å². The summed E-state index contributed by atoms with van der Waals surface area (Å²) in [7, 11) is 1.85. The van der Waals surface area contributed by atoms with E-state index in [1.807, 2.05) is 43.4 Å². The molecule has 9 nitrogen and oxygen atoms in total. The monoisotopic (exact) mass is 622 g/mol. The average Bonchev–Trinajstić information content (AvgIpc) is 3.55. The van der Waals surface area contributed by atoms with Crippen LogP contribution in [0.4, 0.5) is 0 Å². The van der Waals surface area contributed by atoms with Crippen molar-refractivity contribution < 1.29 is 24.2 Å². The Balaban J connectivity index is 1.25. The van der Waals surface area contributed by atoms with Crippen LogP contribution in [-0.4, -0.2) is 77.0 Å². The van der Waals surface area contributed by atoms with Crippen LogP contribution in [0.5, 0.6) is 5.75 Å². The van der Waals surface area contributed by atoms with E-state index in [0.29, 0.717) is 31.8 Å². The first kappa shape index (κ1) is 30.3. The van der Waals surface area contributed by atoms with Gasteiger partial charge in [0.2, 0.25) is 5.91 Å². The van der Waals surface area contributed by atoms with Gasteiger partial charge in [-0.15, -0.1) is 0 Å². The van der Waals surface area contributed by atoms with E-state index in [4.69, 9.17) is 9.47 Å². The number of fused-ring (bicyclic) bond motifs is 2. The molecule has 0 saturated carbocycles. The molecule has 1 fully saturated rings. The molecule has 1 amide bonds. The number of aryl methyl sites for hydroxylation is 2. The lowest BCUT2D eigenvalue weighted by atomic mass is 9.83. The second-order valence-electron chi connectivity index (χ2n) is 12.7. The smallest absolute Gasteiger partial charge is 0.332 e. The number of hydrogen-bond donors (Lipinski definition) is 2. The summed E-state index contributed by atoms with van der Waals surface area (Å²) in [4.78, 5) is 28.1. The molecule has 0 bridgehead atoms. The van der Waals surface area contributed by atoms with E-state index in [0.717, 1.165) is 83.8 Å². The molecular formula is C37H42N4O5. The predicted octanol–water partition coefficient (Wildman–Crippen LogP) is 5.61. The number of nitrogens with one attached hydrogen (secondary N) is 1. The number of likely N-dealkylation sites (tertiary alicyclic amines) is 1. The van der Waals surface area contributed by atoms with Gasteiger partial charge in [-0.2, -0.15) is 0 Å². The summed E-state index contributed by atoms with van der Waals surface area (Å²) in [6.07, 6.45) is 7.94. The molecule has 3 aromatic carbocycles. The Morgan fingerprint density at radius 1 is 1.00 bits per heavy atom. The minimum atomic E-state index is -1.51. The van der Waals surface area contributed by atoms with E-state index in [1.54, 1.807) is 9.91 Å². The fourth-order valence-corrected chi connectivity index (χ4v) is 7.46. The number of carboxylic acid groups (broad SMARTS) is 1. The van der Waals surface area contributed by atoms with E-state index in [2.05, 4.69) is 40.5 Å². The number of hydrogen-bond acceptors (Lipinski definition) is 6. The van der Waals surface area contributed by atoms with E-state index in [1.165, 1.54) is 5.56 Å². The fraction of sp³-hybridized carbons (Fsp3) is 0.405. The van der Waals surface area contributed by atoms with Gasteiger partial charge in [-0.1, -0.05) is 54.6 Å². The molecule has 7 rings (SSSR count). The minimum Gasteiger partial charge on any atom is -0.493 e. The van der Waals surface area contributed by atoms with Crippen LogP contribution in [0.1, 0.15) is 49.7 Å². The molecule has 4 heterocycles. The van der Waals surface area contributed by atoms with Crippen molar-refractivity contribution in [2.45, 2.75) is 57.0 Å². The predicted molar refractivity (Wildman–Crippen MR) is 178 cm³/mol. The van der Waals surface area contributed by atoms with Crippen molar-refractivity contribution in [1.29, 1.82) is 0 Å². The van der Waals surface area contributed by atoms with Gasteiger partial charge in [0.15, 0.2) is 5.54 Å². The summed E-state index contributed by atoms with van der Waals surface area (Å²) in [5, 5.41) is 16.2. The summed E-state index contributed by atoms with van der Waals surface area (Å²) < 4.78 is 14.7. The van der Waals surface area contributed by atoms with Gasteiger partial charge < -0.3 is 29.1 Å². The third-order valence-corrected chi connectivity index (χ3v) is 9.72. The Kier molecular flexibility index (Phi) is 8.44. The Hall–Kier alpha value is -4.34. The molecule has 3 aliphatic heterocycles. The van der Waals surface area contributed by atoms with Gasteiger partial charge >= 0.3 is 5.97 Å². The third kappa shape index (κ3) is 5.52. The number of nitrogens with zero attached hydrogens (tertiary/aromatic N) is 3. The quantitative estimate of drug-likeness (QED) is 0.247. The minimum absolute atomic E-state index is 0.00730. The number of likely N-dealkylation sites (N-methyl/N-ethyl adjacent to an activating group) is 1. The summed E-state index contributed by atoms with van der Waals surface area (Å²) in [6.45, 7) is 2.89. The van der Waals surface area contributed by atoms with Crippen molar-refractivity contribution in [3.05, 3.63) is 83.7 Å². The molecule has 0 radical (unpaired) electrons. The molecule has 46 heavy (non-hydrogen) atoms. The van der Waals surface area contributed by atoms with Gasteiger partial charge in [0, 0.05) is 61.3 Å². The van der Waals surface area contributed by atoms with Gasteiger partial charge in [0.05, 0.1) is 31.0 Å². The summed E-state index contributed by atoms with van der Waals surface area (Å²) in [5.74, 6) is -0.0968. The molecule has 3 aliphatic rings. The molecule has 9 heteroatoms. The summed E-state index contributed by atoms with van der Waals surface area (Å²) in [6, 6.07) is 20.6. The second-order valence-corrected chi connectivity index (χ2v) is 12.7. The number of piperidine rings is 1. The number of amides is 1. The largest absolute Gasteiger partial charge is 0.493 e. The van der Waals surface area contributed by atoms with Crippen molar-refractivity contribution in [2.75, 3.05) is 40.0 Å². The molecule has 1 saturated heterocycles. The van der Waals surface area contributed by atoms with Crippen LogP contribution in [0.15, 0.2) is 72.6 Å². The maximum absolute atomic E-state index is 13.4. The zero-order valence-corrected chi connectivity index (χ0v) is 26.5. The molecule has 2 N–H and O–H groups in total. The van der Waals surface area contributed by atoms with Crippen LogP contribution in [-0.2, 0) is 27.3 Å². The number of rotatable bonds is 8. The van der Waals surface area contributed by atoms with Crippen LogP contribution in [0.2, 0.25) is 0 Å². The highest BCUT2D eigenvalue weighted by Crippen LogP contribution is 2.42. The van der Waals surface area contributed by atoms with Crippen molar-refractivity contribution in [3.63, 3.8) is 0 Å². The molecule has 4 aromatic rings. The number of para-hydroxylation sites is 1. The molecular weight excluding hydrogens is 580 g/mol. The molecule has 0 spiro atoms. The Bertz CT molecular complexity index is 1810. The number of hydrazine groups is 1. The maximum atomic E-state index is 13.4. The van der Waals surface area contributed by atoms with Crippen LogP contribution >= 0.6 is 0 Å². The SMILES string of the molecule is CN1NC(CN2CCCCC2=O)(C(=O)O)C2=C1COCCCCn1cc(CCCOc3cccc4ccccc34)c3cccc2c31. The second kappa shape index (κ2) is 12.8. The zero-order chi connectivity index (χ0) is 31.7. The highest BCUT2D eigenvalue weighted by Gasteiger charge is 2.53. The van der Waals surface area contributed by atoms with Gasteiger partial charge in [-0.3, -0.25) is 4.79 Å². The number of benzene rings is 3. The first-order valence-corrected chi connectivity index (χ1v) is 16.5. The third-order valence-electron chi connectivity index (χ3n) is 9.72. The van der Waals surface area contributed by atoms with Crippen LogP contribution < -0.4 is 10.2 Å². The number of carboxylic acids is 1. The lowest BCUT2D eigenvalue weighted by molar-refractivity contribution is -0.146. The standard InChI is InChI=1S/C37H42N4O5/c1-39-31-24-45-21-7-6-19-40-23-27(13-10-22-46-32-17-8-12-26-11-2-3-14-28(26)32)29-15-9-16-30(35(29)40)34(31)37(38-39,36(43)44)25-41-20-5-4-18-33(41)42/h2-3,8-9,11-12,14-17,23,38H,4-7,10,13,18-22,24-25H2,1H3,(H,43,44). The molecule has 1 aromatic heterocycles. The lowest BCUT2D eigenvalue weighted by Gasteiger charge is -2.36. The van der Waals surface area contributed by atoms with E-state index >= 15 is 0 Å². The van der Waals surface area contributed by atoms with Gasteiger partial charge in [0.1, 0.15) is 5.75 Å². The van der Waals surface area contributed by atoms with E-state index in [-0.39, 0.29) is 19.1 Å². The average molecular weight is 623 g/mol. The molecule has 240 valence electrons. The van der Waals surface area contributed by atoms with Gasteiger partial charge in [-0.05, 0) is 55.5 Å². The molecule has 1 unspecified atom stereocenters.